The first-order chi connectivity index (χ1) is 8.35. The van der Waals surface area contributed by atoms with E-state index in [9.17, 15) is 14.7 Å². The molecule has 0 heterocycles. The molecule has 0 aliphatic carbocycles. The van der Waals surface area contributed by atoms with E-state index in [2.05, 4.69) is 11.9 Å². The number of aliphatic hydroxyl groups is 2. The van der Waals surface area contributed by atoms with E-state index in [-0.39, 0.29) is 25.4 Å². The van der Waals surface area contributed by atoms with Gasteiger partial charge in [0.2, 0.25) is 5.91 Å². The Morgan fingerprint density at radius 3 is 2.50 bits per heavy atom. The molecule has 0 fully saturated rings. The van der Waals surface area contributed by atoms with Crippen LogP contribution in [-0.4, -0.2) is 41.2 Å². The van der Waals surface area contributed by atoms with Crippen LogP contribution in [0.5, 0.6) is 0 Å². The van der Waals surface area contributed by atoms with Crippen molar-refractivity contribution in [3.63, 3.8) is 0 Å². The van der Waals surface area contributed by atoms with Gasteiger partial charge in [0.1, 0.15) is 11.9 Å². The van der Waals surface area contributed by atoms with Crippen molar-refractivity contribution in [3.05, 3.63) is 12.7 Å². The number of ketones is 1. The Bertz CT molecular complexity index is 299. The highest BCUT2D eigenvalue weighted by Gasteiger charge is 2.32. The van der Waals surface area contributed by atoms with Crippen LogP contribution in [-0.2, 0) is 9.59 Å². The van der Waals surface area contributed by atoms with Crippen molar-refractivity contribution in [2.45, 2.75) is 39.2 Å². The third kappa shape index (κ3) is 5.93. The largest absolute Gasteiger partial charge is 0.396 e. The molecule has 0 radical (unpaired) electrons. The van der Waals surface area contributed by atoms with Gasteiger partial charge in [-0.25, -0.2) is 0 Å². The van der Waals surface area contributed by atoms with Gasteiger partial charge < -0.3 is 15.5 Å². The Labute approximate surface area is 108 Å². The minimum absolute atomic E-state index is 0.0473. The van der Waals surface area contributed by atoms with E-state index < -0.39 is 17.4 Å². The van der Waals surface area contributed by atoms with Gasteiger partial charge in [-0.1, -0.05) is 19.9 Å². The average molecular weight is 257 g/mol. The number of hydrogen-bond donors (Lipinski definition) is 3. The lowest BCUT2D eigenvalue weighted by Crippen LogP contribution is -2.45. The monoisotopic (exact) mass is 257 g/mol. The van der Waals surface area contributed by atoms with Crippen molar-refractivity contribution in [3.8, 4) is 0 Å². The first kappa shape index (κ1) is 16.8. The van der Waals surface area contributed by atoms with E-state index in [0.717, 1.165) is 0 Å². The summed E-state index contributed by atoms with van der Waals surface area (Å²) in [5.41, 5.74) is -0.892. The number of hydrogen-bond acceptors (Lipinski definition) is 4. The molecule has 0 saturated heterocycles. The van der Waals surface area contributed by atoms with Crippen molar-refractivity contribution in [1.82, 2.24) is 5.32 Å². The molecule has 5 nitrogen and oxygen atoms in total. The van der Waals surface area contributed by atoms with Crippen LogP contribution in [0.1, 0.15) is 33.1 Å². The molecular formula is C13H23NO4. The highest BCUT2D eigenvalue weighted by Crippen LogP contribution is 2.19. The fraction of sp³-hybridized carbons (Fsp3) is 0.692. The molecule has 5 heteroatoms. The lowest BCUT2D eigenvalue weighted by molar-refractivity contribution is -0.137. The highest BCUT2D eigenvalue weighted by molar-refractivity contribution is 5.83. The summed E-state index contributed by atoms with van der Waals surface area (Å²) < 4.78 is 0. The van der Waals surface area contributed by atoms with Crippen LogP contribution in [0.15, 0.2) is 12.7 Å². The van der Waals surface area contributed by atoms with Gasteiger partial charge in [-0.15, -0.1) is 6.58 Å². The fourth-order valence-electron chi connectivity index (χ4n) is 1.25. The maximum Gasteiger partial charge on any atom is 0.249 e. The number of rotatable bonds is 9. The zero-order chi connectivity index (χ0) is 14.2. The van der Waals surface area contributed by atoms with Gasteiger partial charge in [-0.05, 0) is 6.42 Å². The summed E-state index contributed by atoms with van der Waals surface area (Å²) in [6, 6.07) is 0. The lowest BCUT2D eigenvalue weighted by Gasteiger charge is -2.27. The third-order valence-electron chi connectivity index (χ3n) is 2.73. The Balaban J connectivity index is 3.97. The van der Waals surface area contributed by atoms with Crippen LogP contribution in [0.25, 0.3) is 0 Å². The predicted molar refractivity (Wildman–Crippen MR) is 68.9 cm³/mol. The molecule has 0 aromatic rings. The molecule has 3 N–H and O–H groups in total. The topological polar surface area (TPSA) is 86.6 Å². The SMILES string of the molecule is C=CCCC(=O)CCNC(=O)[C@H](O)C(C)(C)CO. The van der Waals surface area contributed by atoms with Crippen molar-refractivity contribution in [1.29, 1.82) is 0 Å². The molecular weight excluding hydrogens is 234 g/mol. The summed E-state index contributed by atoms with van der Waals surface area (Å²) >= 11 is 0. The van der Waals surface area contributed by atoms with E-state index in [4.69, 9.17) is 5.11 Å². The van der Waals surface area contributed by atoms with Crippen LogP contribution < -0.4 is 5.32 Å². The molecule has 0 aliphatic rings. The smallest absolute Gasteiger partial charge is 0.249 e. The average Bonchev–Trinajstić information content (AvgIpc) is 2.35. The second-order valence-corrected chi connectivity index (χ2v) is 4.96. The zero-order valence-electron chi connectivity index (χ0n) is 11.1. The molecule has 0 saturated carbocycles. The van der Waals surface area contributed by atoms with Crippen molar-refractivity contribution < 1.29 is 19.8 Å². The Morgan fingerprint density at radius 1 is 1.39 bits per heavy atom. The van der Waals surface area contributed by atoms with Crippen molar-refractivity contribution in [2.75, 3.05) is 13.2 Å². The molecule has 0 unspecified atom stereocenters. The Morgan fingerprint density at radius 2 is 2.00 bits per heavy atom. The highest BCUT2D eigenvalue weighted by atomic mass is 16.3. The molecule has 0 bridgehead atoms. The number of carbonyl (C=O) groups excluding carboxylic acids is 2. The van der Waals surface area contributed by atoms with Gasteiger partial charge >= 0.3 is 0 Å². The maximum absolute atomic E-state index is 11.5. The summed E-state index contributed by atoms with van der Waals surface area (Å²) in [6.45, 7) is 6.61. The molecule has 0 aromatic heterocycles. The molecule has 0 rings (SSSR count). The van der Waals surface area contributed by atoms with Gasteiger partial charge in [0.05, 0.1) is 6.61 Å². The lowest BCUT2D eigenvalue weighted by atomic mass is 9.87. The van der Waals surface area contributed by atoms with E-state index in [1.54, 1.807) is 19.9 Å². The Hall–Kier alpha value is -1.20. The second kappa shape index (κ2) is 8.00. The van der Waals surface area contributed by atoms with Gasteiger partial charge in [0.15, 0.2) is 0 Å². The summed E-state index contributed by atoms with van der Waals surface area (Å²) in [6.07, 6.45) is 1.68. The van der Waals surface area contributed by atoms with Crippen LogP contribution in [0.4, 0.5) is 0 Å². The quantitative estimate of drug-likeness (QED) is 0.522. The minimum atomic E-state index is -1.29. The van der Waals surface area contributed by atoms with Crippen LogP contribution in [0.3, 0.4) is 0 Å². The van der Waals surface area contributed by atoms with Gasteiger partial charge in [0, 0.05) is 24.8 Å². The first-order valence-corrected chi connectivity index (χ1v) is 6.04. The zero-order valence-corrected chi connectivity index (χ0v) is 11.1. The third-order valence-corrected chi connectivity index (χ3v) is 2.73. The van der Waals surface area contributed by atoms with Gasteiger partial charge in [0.25, 0.3) is 0 Å². The summed E-state index contributed by atoms with van der Waals surface area (Å²) in [7, 11) is 0. The molecule has 0 aromatic carbocycles. The van der Waals surface area contributed by atoms with E-state index >= 15 is 0 Å². The molecule has 18 heavy (non-hydrogen) atoms. The second-order valence-electron chi connectivity index (χ2n) is 4.96. The number of aliphatic hydroxyl groups excluding tert-OH is 2. The minimum Gasteiger partial charge on any atom is -0.396 e. The number of Topliss-reactive ketones (excluding diaryl/α,β-unsaturated/α-hetero) is 1. The number of carbonyl (C=O) groups is 2. The van der Waals surface area contributed by atoms with Crippen LogP contribution in [0.2, 0.25) is 0 Å². The number of nitrogens with one attached hydrogen (secondary N) is 1. The molecule has 1 atom stereocenters. The Kier molecular flexibility index (Phi) is 7.47. The molecule has 104 valence electrons. The van der Waals surface area contributed by atoms with E-state index in [1.807, 2.05) is 0 Å². The summed E-state index contributed by atoms with van der Waals surface area (Å²) in [5, 5.41) is 21.2. The molecule has 0 spiro atoms. The summed E-state index contributed by atoms with van der Waals surface area (Å²) in [4.78, 5) is 22.8. The first-order valence-electron chi connectivity index (χ1n) is 6.04. The molecule has 1 amide bonds. The maximum atomic E-state index is 11.5. The van der Waals surface area contributed by atoms with Crippen molar-refractivity contribution in [2.24, 2.45) is 5.41 Å². The van der Waals surface area contributed by atoms with Crippen molar-refractivity contribution >= 4 is 11.7 Å². The van der Waals surface area contributed by atoms with E-state index in [0.29, 0.717) is 12.8 Å². The van der Waals surface area contributed by atoms with Crippen LogP contribution >= 0.6 is 0 Å². The van der Waals surface area contributed by atoms with Crippen LogP contribution in [0, 0.1) is 5.41 Å². The van der Waals surface area contributed by atoms with E-state index in [1.165, 1.54) is 0 Å². The number of allylic oxidation sites excluding steroid dienone is 1. The normalized spacial score (nSPS) is 12.9. The standard InChI is InChI=1S/C13H23NO4/c1-4-5-6-10(16)7-8-14-12(18)11(17)13(2,3)9-15/h4,11,15,17H,1,5-9H2,2-3H3,(H,14,18)/t11-/m0/s1. The summed E-state index contributed by atoms with van der Waals surface area (Å²) in [5.74, 6) is -0.517. The number of amides is 1. The fourth-order valence-corrected chi connectivity index (χ4v) is 1.25. The molecule has 0 aliphatic heterocycles. The van der Waals surface area contributed by atoms with Gasteiger partial charge in [-0.3, -0.25) is 9.59 Å². The predicted octanol–water partition coefficient (Wildman–Crippen LogP) is 0.407. The van der Waals surface area contributed by atoms with Gasteiger partial charge in [-0.2, -0.15) is 0 Å².